The van der Waals surface area contributed by atoms with Gasteiger partial charge in [-0.05, 0) is 33.2 Å². The highest BCUT2D eigenvalue weighted by Gasteiger charge is 2.37. The van der Waals surface area contributed by atoms with Crippen LogP contribution >= 0.6 is 0 Å². The van der Waals surface area contributed by atoms with E-state index in [-0.39, 0.29) is 5.41 Å². The van der Waals surface area contributed by atoms with Crippen LogP contribution in [0.2, 0.25) is 0 Å². The molecule has 0 radical (unpaired) electrons. The summed E-state index contributed by atoms with van der Waals surface area (Å²) in [5.41, 5.74) is 1.21. The Morgan fingerprint density at radius 3 is 2.95 bits per heavy atom. The van der Waals surface area contributed by atoms with Crippen molar-refractivity contribution in [3.8, 4) is 0 Å². The number of nitrogens with zero attached hydrogens (tertiary/aromatic N) is 5. The van der Waals surface area contributed by atoms with Gasteiger partial charge in [0.1, 0.15) is 0 Å². The minimum absolute atomic E-state index is 0.0400. The maximum absolute atomic E-state index is 5.41. The molecule has 1 fully saturated rings. The van der Waals surface area contributed by atoms with Crippen LogP contribution in [0.15, 0.2) is 16.9 Å². The van der Waals surface area contributed by atoms with Crippen LogP contribution in [0, 0.1) is 6.92 Å². The highest BCUT2D eigenvalue weighted by atomic mass is 16.5. The molecule has 1 aliphatic heterocycles. The molecule has 6 heteroatoms. The first kappa shape index (κ1) is 13.3. The summed E-state index contributed by atoms with van der Waals surface area (Å²) < 4.78 is 7.25. The van der Waals surface area contributed by atoms with Gasteiger partial charge in [-0.15, -0.1) is 0 Å². The molecule has 0 saturated carbocycles. The van der Waals surface area contributed by atoms with Crippen molar-refractivity contribution in [3.05, 3.63) is 29.7 Å². The molecule has 1 atom stereocenters. The topological polar surface area (TPSA) is 60.0 Å². The fourth-order valence-electron chi connectivity index (χ4n) is 3.01. The van der Waals surface area contributed by atoms with Crippen LogP contribution in [0.1, 0.15) is 37.0 Å². The summed E-state index contributed by atoms with van der Waals surface area (Å²) >= 11 is 0. The third-order valence-corrected chi connectivity index (χ3v) is 3.98. The van der Waals surface area contributed by atoms with Crippen molar-refractivity contribution >= 4 is 0 Å². The molecule has 2 aromatic heterocycles. The number of rotatable bonds is 3. The fraction of sp³-hybridized carbons (Fsp3) is 0.643. The third kappa shape index (κ3) is 2.60. The van der Waals surface area contributed by atoms with E-state index in [1.165, 1.54) is 5.56 Å². The minimum Gasteiger partial charge on any atom is -0.339 e. The van der Waals surface area contributed by atoms with E-state index < -0.39 is 0 Å². The lowest BCUT2D eigenvalue weighted by Gasteiger charge is -2.37. The summed E-state index contributed by atoms with van der Waals surface area (Å²) in [4.78, 5) is 6.88. The summed E-state index contributed by atoms with van der Waals surface area (Å²) in [5.74, 6) is 1.48. The summed E-state index contributed by atoms with van der Waals surface area (Å²) in [6.07, 6.45) is 6.25. The molecule has 3 rings (SSSR count). The first-order valence-electron chi connectivity index (χ1n) is 7.06. The molecule has 20 heavy (non-hydrogen) atoms. The molecule has 108 valence electrons. The maximum atomic E-state index is 5.41. The molecule has 3 heterocycles. The van der Waals surface area contributed by atoms with Crippen molar-refractivity contribution in [3.63, 3.8) is 0 Å². The summed E-state index contributed by atoms with van der Waals surface area (Å²) in [6.45, 7) is 7.07. The summed E-state index contributed by atoms with van der Waals surface area (Å²) in [5, 5.41) is 8.16. The largest absolute Gasteiger partial charge is 0.339 e. The van der Waals surface area contributed by atoms with Crippen LogP contribution in [0.25, 0.3) is 0 Å². The van der Waals surface area contributed by atoms with E-state index >= 15 is 0 Å². The molecule has 1 aliphatic rings. The van der Waals surface area contributed by atoms with Gasteiger partial charge in [-0.2, -0.15) is 10.1 Å². The number of aryl methyl sites for hydroxylation is 2. The van der Waals surface area contributed by atoms with Gasteiger partial charge in [0.05, 0.1) is 11.6 Å². The lowest BCUT2D eigenvalue weighted by Crippen LogP contribution is -2.44. The number of hydrogen-bond donors (Lipinski definition) is 0. The van der Waals surface area contributed by atoms with E-state index in [9.17, 15) is 0 Å². The highest BCUT2D eigenvalue weighted by Crippen LogP contribution is 2.33. The SMILES string of the molecule is Cc1noc([C@@]2(C)CCCN(Cc3cnn(C)c3)C2)n1. The quantitative estimate of drug-likeness (QED) is 0.852. The van der Waals surface area contributed by atoms with Crippen LogP contribution in [-0.4, -0.2) is 37.9 Å². The first-order valence-corrected chi connectivity index (χ1v) is 7.06. The zero-order valence-electron chi connectivity index (χ0n) is 12.3. The third-order valence-electron chi connectivity index (χ3n) is 3.98. The molecule has 0 amide bonds. The van der Waals surface area contributed by atoms with Crippen molar-refractivity contribution in [1.82, 2.24) is 24.8 Å². The second kappa shape index (κ2) is 5.01. The highest BCUT2D eigenvalue weighted by molar-refractivity contribution is 5.09. The van der Waals surface area contributed by atoms with Crippen molar-refractivity contribution in [2.75, 3.05) is 13.1 Å². The average Bonchev–Trinajstić information content (AvgIpc) is 2.99. The van der Waals surface area contributed by atoms with Gasteiger partial charge < -0.3 is 4.52 Å². The zero-order chi connectivity index (χ0) is 14.2. The minimum atomic E-state index is -0.0400. The molecular formula is C14H21N5O. The monoisotopic (exact) mass is 275 g/mol. The number of piperidine rings is 1. The average molecular weight is 275 g/mol. The summed E-state index contributed by atoms with van der Waals surface area (Å²) in [7, 11) is 1.95. The van der Waals surface area contributed by atoms with Crippen LogP contribution in [0.5, 0.6) is 0 Å². The lowest BCUT2D eigenvalue weighted by molar-refractivity contribution is 0.124. The van der Waals surface area contributed by atoms with Gasteiger partial charge in [0.15, 0.2) is 5.82 Å². The Morgan fingerprint density at radius 1 is 1.45 bits per heavy atom. The number of likely N-dealkylation sites (tertiary alicyclic amines) is 1. The lowest BCUT2D eigenvalue weighted by atomic mass is 9.81. The smallest absolute Gasteiger partial charge is 0.233 e. The molecular weight excluding hydrogens is 254 g/mol. The van der Waals surface area contributed by atoms with Gasteiger partial charge in [0.2, 0.25) is 5.89 Å². The molecule has 0 spiro atoms. The Labute approximate surface area is 118 Å². The molecule has 6 nitrogen and oxygen atoms in total. The van der Waals surface area contributed by atoms with E-state index in [4.69, 9.17) is 4.52 Å². The maximum Gasteiger partial charge on any atom is 0.233 e. The van der Waals surface area contributed by atoms with E-state index in [2.05, 4.69) is 33.3 Å². The van der Waals surface area contributed by atoms with Gasteiger partial charge in [-0.1, -0.05) is 5.16 Å². The van der Waals surface area contributed by atoms with Gasteiger partial charge in [-0.3, -0.25) is 9.58 Å². The normalized spacial score (nSPS) is 24.1. The molecule has 0 aromatic carbocycles. The predicted octanol–water partition coefficient (Wildman–Crippen LogP) is 1.67. The van der Waals surface area contributed by atoms with Crippen molar-refractivity contribution in [2.24, 2.45) is 7.05 Å². The van der Waals surface area contributed by atoms with Crippen LogP contribution in [-0.2, 0) is 19.0 Å². The van der Waals surface area contributed by atoms with Crippen LogP contribution < -0.4 is 0 Å². The zero-order valence-corrected chi connectivity index (χ0v) is 12.3. The van der Waals surface area contributed by atoms with Gasteiger partial charge in [-0.25, -0.2) is 0 Å². The Kier molecular flexibility index (Phi) is 3.33. The fourth-order valence-corrected chi connectivity index (χ4v) is 3.01. The van der Waals surface area contributed by atoms with Crippen molar-refractivity contribution in [1.29, 1.82) is 0 Å². The van der Waals surface area contributed by atoms with E-state index in [1.807, 2.05) is 24.9 Å². The molecule has 0 unspecified atom stereocenters. The molecule has 0 bridgehead atoms. The van der Waals surface area contributed by atoms with Gasteiger partial charge >= 0.3 is 0 Å². The molecule has 2 aromatic rings. The van der Waals surface area contributed by atoms with Gasteiger partial charge in [0.25, 0.3) is 0 Å². The van der Waals surface area contributed by atoms with Crippen LogP contribution in [0.4, 0.5) is 0 Å². The molecule has 0 aliphatic carbocycles. The molecule has 1 saturated heterocycles. The second-order valence-electron chi connectivity index (χ2n) is 6.04. The van der Waals surface area contributed by atoms with Crippen molar-refractivity contribution < 1.29 is 4.52 Å². The number of hydrogen-bond acceptors (Lipinski definition) is 5. The Morgan fingerprint density at radius 2 is 2.30 bits per heavy atom. The second-order valence-corrected chi connectivity index (χ2v) is 6.04. The Balaban J connectivity index is 1.72. The van der Waals surface area contributed by atoms with E-state index in [1.54, 1.807) is 0 Å². The van der Waals surface area contributed by atoms with E-state index in [0.717, 1.165) is 38.4 Å². The van der Waals surface area contributed by atoms with Crippen molar-refractivity contribution in [2.45, 2.75) is 38.6 Å². The standard InChI is InChI=1S/C14H21N5O/c1-11-16-13(20-17-11)14(2)5-4-6-19(10-14)9-12-7-15-18(3)8-12/h7-8H,4-6,9-10H2,1-3H3/t14-/m0/s1. The predicted molar refractivity (Wildman–Crippen MR) is 74.1 cm³/mol. The summed E-state index contributed by atoms with van der Waals surface area (Å²) in [6, 6.07) is 0. The van der Waals surface area contributed by atoms with Gasteiger partial charge in [0, 0.05) is 31.9 Å². The number of aromatic nitrogens is 4. The molecule has 0 N–H and O–H groups in total. The Hall–Kier alpha value is -1.69. The first-order chi connectivity index (χ1) is 9.55. The van der Waals surface area contributed by atoms with E-state index in [0.29, 0.717) is 5.82 Å². The Bertz CT molecular complexity index is 590. The van der Waals surface area contributed by atoms with Crippen LogP contribution in [0.3, 0.4) is 0 Å².